The molecule has 0 unspecified atom stereocenters. The van der Waals surface area contributed by atoms with E-state index in [1.807, 2.05) is 78.9 Å². The molecule has 7 aromatic carbocycles. The monoisotopic (exact) mass is 891 g/mol. The zero-order valence-electron chi connectivity index (χ0n) is 32.3. The van der Waals surface area contributed by atoms with E-state index in [-0.39, 0.29) is 26.8 Å². The van der Waals surface area contributed by atoms with Gasteiger partial charge in [0.2, 0.25) is 0 Å². The average molecular weight is 892 g/mol. The third kappa shape index (κ3) is 5.85. The van der Waals surface area contributed by atoms with Crippen molar-refractivity contribution >= 4 is 32.8 Å². The molecule has 0 aliphatic rings. The second kappa shape index (κ2) is 14.0. The van der Waals surface area contributed by atoms with Crippen LogP contribution in [0.3, 0.4) is 0 Å². The van der Waals surface area contributed by atoms with Gasteiger partial charge in [-0.1, -0.05) is 137 Å². The summed E-state index contributed by atoms with van der Waals surface area (Å²) in [5.74, 6) is 0.766. The minimum Gasteiger partial charge on any atom is -0.507 e. The van der Waals surface area contributed by atoms with E-state index in [9.17, 15) is 5.11 Å². The van der Waals surface area contributed by atoms with Crippen molar-refractivity contribution < 1.29 is 30.3 Å². The van der Waals surface area contributed by atoms with Crippen molar-refractivity contribution in [2.45, 2.75) is 6.85 Å². The summed E-state index contributed by atoms with van der Waals surface area (Å²) in [6, 6.07) is 59.4. The topological polar surface area (TPSA) is 55.9 Å². The molecule has 0 aliphatic heterocycles. The van der Waals surface area contributed by atoms with E-state index in [0.717, 1.165) is 77.7 Å². The molecule has 0 saturated carbocycles. The van der Waals surface area contributed by atoms with Gasteiger partial charge in [-0.25, -0.2) is 4.98 Å². The summed E-state index contributed by atoms with van der Waals surface area (Å²) in [5.41, 5.74) is 11.6. The number of fused-ring (bicyclic) bond motifs is 4. The first-order valence-electron chi connectivity index (χ1n) is 19.3. The van der Waals surface area contributed by atoms with Crippen LogP contribution in [0.5, 0.6) is 5.75 Å². The average Bonchev–Trinajstić information content (AvgIpc) is 3.80. The van der Waals surface area contributed by atoms with Gasteiger partial charge in [0.1, 0.15) is 11.6 Å². The first kappa shape index (κ1) is 30.9. The van der Waals surface area contributed by atoms with Gasteiger partial charge in [-0.15, -0.1) is 12.1 Å². The van der Waals surface area contributed by atoms with Crippen molar-refractivity contribution in [1.82, 2.24) is 19.1 Å². The van der Waals surface area contributed by atoms with Crippen LogP contribution in [0.15, 0.2) is 176 Å². The largest absolute Gasteiger partial charge is 0.507 e. The van der Waals surface area contributed by atoms with Gasteiger partial charge < -0.3 is 9.67 Å². The Morgan fingerprint density at radius 1 is 0.600 bits per heavy atom. The smallest absolute Gasteiger partial charge is 0.148 e. The third-order valence-electron chi connectivity index (χ3n) is 10.1. The van der Waals surface area contributed by atoms with Crippen LogP contribution >= 0.6 is 0 Å². The van der Waals surface area contributed by atoms with Crippen LogP contribution < -0.4 is 0 Å². The predicted molar refractivity (Wildman–Crippen MR) is 220 cm³/mol. The van der Waals surface area contributed by atoms with E-state index in [1.54, 1.807) is 24.4 Å². The number of benzene rings is 7. The second-order valence-corrected chi connectivity index (χ2v) is 13.3. The number of phenolic OH excluding ortho intramolecular Hbond substituents is 1. The van der Waals surface area contributed by atoms with Crippen molar-refractivity contribution in [2.24, 2.45) is 0 Å². The summed E-state index contributed by atoms with van der Waals surface area (Å²) in [5, 5.41) is 13.3. The molecule has 55 heavy (non-hydrogen) atoms. The number of phenols is 1. The molecule has 0 bridgehead atoms. The van der Waals surface area contributed by atoms with E-state index in [2.05, 4.69) is 88.0 Å². The number of aromatic nitrogens is 4. The SMILES string of the molecule is [2H]C([2H])([2H])c1ccc(-c2ccnc(-c3[c-]c(-c4cccc5c4nc(-c4ccccc4O)n5-c4ccccc4)c4c(c3)c3ccccc3n4-c3ccccc3)c2)cc1.[Pt]. The van der Waals surface area contributed by atoms with Gasteiger partial charge in [-0.3, -0.25) is 9.55 Å². The van der Waals surface area contributed by atoms with Gasteiger partial charge >= 0.3 is 0 Å². The van der Waals surface area contributed by atoms with Crippen molar-refractivity contribution in [3.63, 3.8) is 0 Å². The number of aromatic hydroxyl groups is 1. The van der Waals surface area contributed by atoms with Crippen LogP contribution in [0.4, 0.5) is 0 Å². The Kier molecular flexibility index (Phi) is 7.87. The van der Waals surface area contributed by atoms with Crippen LogP contribution in [-0.2, 0) is 21.1 Å². The molecule has 0 spiro atoms. The van der Waals surface area contributed by atoms with Gasteiger partial charge in [-0.05, 0) is 83.5 Å². The first-order chi connectivity index (χ1) is 27.8. The standard InChI is InChI=1S/C49H33N4O.Pt/c1-32-23-25-33(26-24-32)34-27-28-50-43(31-34)35-29-41-38-17-8-10-20-44(38)52(36-13-4-2-5-14-36)48(41)42(30-35)39-19-12-21-45-47(39)51-49(40-18-9-11-22-46(40)54)53(45)37-15-6-3-7-16-37;/h2-29,31,54H,1H3;/q-1;/i1D3;. The fourth-order valence-electron chi connectivity index (χ4n) is 7.61. The molecule has 0 aliphatic carbocycles. The molecule has 0 atom stereocenters. The maximum atomic E-state index is 11.2. The normalized spacial score (nSPS) is 12.3. The molecule has 0 amide bonds. The first-order valence-corrected chi connectivity index (χ1v) is 17.8. The Morgan fingerprint density at radius 2 is 1.27 bits per heavy atom. The van der Waals surface area contributed by atoms with Crippen LogP contribution in [0, 0.1) is 12.9 Å². The molecule has 6 heteroatoms. The summed E-state index contributed by atoms with van der Waals surface area (Å²) < 4.78 is 27.9. The minimum absolute atomic E-state index is 0. The fraction of sp³-hybridized carbons (Fsp3) is 0.0204. The van der Waals surface area contributed by atoms with E-state index in [1.165, 1.54) is 0 Å². The molecule has 3 heterocycles. The Balaban J connectivity index is 0.00000436. The quantitative estimate of drug-likeness (QED) is 0.169. The van der Waals surface area contributed by atoms with Crippen molar-refractivity contribution in [3.8, 4) is 62.0 Å². The van der Waals surface area contributed by atoms with Crippen LogP contribution in [0.1, 0.15) is 9.68 Å². The molecule has 10 aromatic rings. The Morgan fingerprint density at radius 3 is 2.04 bits per heavy atom. The number of rotatable bonds is 6. The molecular formula is C49H33N4OPt-. The molecule has 5 nitrogen and oxygen atoms in total. The maximum absolute atomic E-state index is 11.2. The van der Waals surface area contributed by atoms with Crippen molar-refractivity contribution in [3.05, 3.63) is 188 Å². The van der Waals surface area contributed by atoms with E-state index < -0.39 is 6.85 Å². The Labute approximate surface area is 337 Å². The van der Waals surface area contributed by atoms with Gasteiger partial charge in [0.15, 0.2) is 0 Å². The van der Waals surface area contributed by atoms with E-state index in [0.29, 0.717) is 17.0 Å². The maximum Gasteiger partial charge on any atom is 0.148 e. The number of para-hydroxylation sites is 5. The zero-order valence-corrected chi connectivity index (χ0v) is 31.6. The Hall–Kier alpha value is -6.55. The van der Waals surface area contributed by atoms with Crippen LogP contribution in [-0.4, -0.2) is 24.2 Å². The predicted octanol–water partition coefficient (Wildman–Crippen LogP) is 12.0. The molecule has 266 valence electrons. The van der Waals surface area contributed by atoms with Crippen molar-refractivity contribution in [2.75, 3.05) is 0 Å². The number of imidazole rings is 1. The summed E-state index contributed by atoms with van der Waals surface area (Å²) >= 11 is 0. The minimum atomic E-state index is -2.18. The van der Waals surface area contributed by atoms with Gasteiger partial charge in [0.05, 0.1) is 16.6 Å². The van der Waals surface area contributed by atoms with Crippen molar-refractivity contribution in [1.29, 1.82) is 0 Å². The molecule has 0 fully saturated rings. The number of hydrogen-bond donors (Lipinski definition) is 1. The molecule has 1 N–H and O–H groups in total. The third-order valence-corrected chi connectivity index (χ3v) is 10.1. The number of hydrogen-bond acceptors (Lipinski definition) is 3. The zero-order chi connectivity index (χ0) is 38.7. The fourth-order valence-corrected chi connectivity index (χ4v) is 7.61. The number of pyridine rings is 1. The molecule has 0 saturated heterocycles. The second-order valence-electron chi connectivity index (χ2n) is 13.3. The summed E-state index contributed by atoms with van der Waals surface area (Å²) in [7, 11) is 0. The number of aryl methyl sites for hydroxylation is 1. The summed E-state index contributed by atoms with van der Waals surface area (Å²) in [6.45, 7) is -2.18. The van der Waals surface area contributed by atoms with Gasteiger partial charge in [0.25, 0.3) is 0 Å². The van der Waals surface area contributed by atoms with Gasteiger partial charge in [0, 0.05) is 54.0 Å². The molecule has 10 rings (SSSR count). The summed E-state index contributed by atoms with van der Waals surface area (Å²) in [6.07, 6.45) is 1.79. The van der Waals surface area contributed by atoms with E-state index >= 15 is 0 Å². The van der Waals surface area contributed by atoms with Crippen LogP contribution in [0.25, 0.3) is 89.1 Å². The van der Waals surface area contributed by atoms with E-state index in [4.69, 9.17) is 14.1 Å². The van der Waals surface area contributed by atoms with Crippen LogP contribution in [0.2, 0.25) is 0 Å². The summed E-state index contributed by atoms with van der Waals surface area (Å²) in [4.78, 5) is 10.2. The molecular weight excluding hydrogens is 856 g/mol. The van der Waals surface area contributed by atoms with Gasteiger partial charge in [-0.2, -0.15) is 0 Å². The number of nitrogens with zero attached hydrogens (tertiary/aromatic N) is 4. The molecule has 0 radical (unpaired) electrons. The Bertz CT molecular complexity index is 3120. The molecule has 3 aromatic heterocycles.